The molecule has 0 aliphatic rings. The van der Waals surface area contributed by atoms with Crippen molar-refractivity contribution in [2.75, 3.05) is 40.9 Å². The third-order valence-electron chi connectivity index (χ3n) is 13.3. The molecule has 0 heterocycles. The second-order valence-corrected chi connectivity index (χ2v) is 22.8. The van der Waals surface area contributed by atoms with Gasteiger partial charge in [0.15, 0.2) is 0 Å². The normalized spacial score (nSPS) is 14.2. The van der Waals surface area contributed by atoms with Crippen LogP contribution in [-0.4, -0.2) is 73.4 Å². The van der Waals surface area contributed by atoms with Gasteiger partial charge in [0.1, 0.15) is 13.2 Å². The molecule has 406 valence electrons. The Balaban J connectivity index is 4.25. The fourth-order valence-electron chi connectivity index (χ4n) is 8.62. The first kappa shape index (κ1) is 67.5. The molecule has 9 heteroatoms. The first-order chi connectivity index (χ1) is 33.5. The highest BCUT2D eigenvalue weighted by atomic mass is 31.2. The predicted molar refractivity (Wildman–Crippen MR) is 300 cm³/mol. The fraction of sp³-hybridized carbons (Fsp3) is 0.850. The molecule has 1 amide bonds. The van der Waals surface area contributed by atoms with Gasteiger partial charge in [-0.1, -0.05) is 255 Å². The van der Waals surface area contributed by atoms with Crippen molar-refractivity contribution in [3.05, 3.63) is 48.6 Å². The Hall–Kier alpha value is -1.54. The number of hydrogen-bond acceptors (Lipinski definition) is 5. The standard InChI is InChI=1S/C60H115N2O6P/c1-6-8-10-12-14-16-18-20-22-24-26-28-30-31-32-34-36-38-40-42-44-46-48-50-52-54-60(64)61-58(57-68-69(65,66)67-56-55-62(3,4)5)59(63)53-51-49-47-45-43-41-39-37-35-33-29-27-25-23-21-19-17-15-13-11-9-7-2/h26,28,31-32,43,45,51,53,58-59,63H,6-25,27,29-30,33-42,44,46-50,52,54-57H2,1-5H3,(H-,61,64,65,66)/p+1/b28-26-,32-31-,45-43+,53-51+. The van der Waals surface area contributed by atoms with Gasteiger partial charge in [0.05, 0.1) is 39.9 Å². The van der Waals surface area contributed by atoms with Crippen LogP contribution in [0.1, 0.15) is 277 Å². The van der Waals surface area contributed by atoms with Gasteiger partial charge in [-0.2, -0.15) is 0 Å². The highest BCUT2D eigenvalue weighted by Crippen LogP contribution is 2.43. The van der Waals surface area contributed by atoms with Gasteiger partial charge in [0.2, 0.25) is 5.91 Å². The van der Waals surface area contributed by atoms with E-state index in [-0.39, 0.29) is 19.1 Å². The van der Waals surface area contributed by atoms with Gasteiger partial charge in [0, 0.05) is 6.42 Å². The largest absolute Gasteiger partial charge is 0.472 e. The molecular weight excluding hydrogens is 876 g/mol. The third kappa shape index (κ3) is 54.1. The lowest BCUT2D eigenvalue weighted by Crippen LogP contribution is -2.45. The van der Waals surface area contributed by atoms with Crippen LogP contribution in [0.5, 0.6) is 0 Å². The summed E-state index contributed by atoms with van der Waals surface area (Å²) in [5, 5.41) is 13.9. The second-order valence-electron chi connectivity index (χ2n) is 21.4. The van der Waals surface area contributed by atoms with Crippen LogP contribution >= 0.6 is 7.82 Å². The maximum atomic E-state index is 13.0. The summed E-state index contributed by atoms with van der Waals surface area (Å²) in [4.78, 5) is 23.3. The first-order valence-electron chi connectivity index (χ1n) is 29.5. The molecular formula is C60H116N2O6P+. The van der Waals surface area contributed by atoms with E-state index in [1.807, 2.05) is 27.2 Å². The number of unbranched alkanes of at least 4 members (excludes halogenated alkanes) is 35. The second kappa shape index (κ2) is 51.4. The molecule has 8 nitrogen and oxygen atoms in total. The molecule has 0 spiro atoms. The molecule has 0 saturated heterocycles. The molecule has 3 atom stereocenters. The summed E-state index contributed by atoms with van der Waals surface area (Å²) in [6.45, 7) is 4.82. The lowest BCUT2D eigenvalue weighted by atomic mass is 10.0. The smallest absolute Gasteiger partial charge is 0.387 e. The summed E-state index contributed by atoms with van der Waals surface area (Å²) in [6, 6.07) is -0.867. The average Bonchev–Trinajstić information content (AvgIpc) is 3.31. The van der Waals surface area contributed by atoms with Crippen molar-refractivity contribution < 1.29 is 32.9 Å². The van der Waals surface area contributed by atoms with E-state index in [4.69, 9.17) is 9.05 Å². The van der Waals surface area contributed by atoms with Crippen LogP contribution in [0.25, 0.3) is 0 Å². The maximum absolute atomic E-state index is 13.0. The van der Waals surface area contributed by atoms with Crippen molar-refractivity contribution in [1.82, 2.24) is 5.32 Å². The van der Waals surface area contributed by atoms with Gasteiger partial charge in [-0.25, -0.2) is 4.57 Å². The average molecular weight is 993 g/mol. The number of carbonyl (C=O) groups excluding carboxylic acids is 1. The number of hydrogen-bond donors (Lipinski definition) is 3. The van der Waals surface area contributed by atoms with E-state index in [2.05, 4.69) is 55.6 Å². The molecule has 0 fully saturated rings. The Labute approximate surface area is 429 Å². The van der Waals surface area contributed by atoms with Crippen LogP contribution in [0.4, 0.5) is 0 Å². The van der Waals surface area contributed by atoms with Crippen LogP contribution in [0.3, 0.4) is 0 Å². The van der Waals surface area contributed by atoms with Crippen LogP contribution in [0.2, 0.25) is 0 Å². The number of quaternary nitrogens is 1. The molecule has 0 aliphatic heterocycles. The topological polar surface area (TPSA) is 105 Å². The van der Waals surface area contributed by atoms with E-state index >= 15 is 0 Å². The Bertz CT molecular complexity index is 1260. The number of carbonyl (C=O) groups is 1. The van der Waals surface area contributed by atoms with Gasteiger partial charge in [-0.15, -0.1) is 0 Å². The predicted octanol–water partition coefficient (Wildman–Crippen LogP) is 17.9. The van der Waals surface area contributed by atoms with Gasteiger partial charge >= 0.3 is 7.82 Å². The Kier molecular flexibility index (Phi) is 50.2. The van der Waals surface area contributed by atoms with Crippen molar-refractivity contribution in [2.45, 2.75) is 289 Å². The number of aliphatic hydroxyl groups is 1. The number of phosphoric acid groups is 1. The highest BCUT2D eigenvalue weighted by Gasteiger charge is 2.27. The molecule has 69 heavy (non-hydrogen) atoms. The Morgan fingerprint density at radius 2 is 0.841 bits per heavy atom. The van der Waals surface area contributed by atoms with Crippen molar-refractivity contribution in [1.29, 1.82) is 0 Å². The molecule has 0 aromatic heterocycles. The Morgan fingerprint density at radius 1 is 0.493 bits per heavy atom. The highest BCUT2D eigenvalue weighted by molar-refractivity contribution is 7.47. The minimum atomic E-state index is -4.36. The zero-order valence-electron chi connectivity index (χ0n) is 46.3. The van der Waals surface area contributed by atoms with Crippen LogP contribution in [0, 0.1) is 0 Å². The quantitative estimate of drug-likeness (QED) is 0.0243. The van der Waals surface area contributed by atoms with E-state index in [1.54, 1.807) is 6.08 Å². The molecule has 0 aromatic carbocycles. The van der Waals surface area contributed by atoms with Crippen LogP contribution in [-0.2, 0) is 18.4 Å². The monoisotopic (exact) mass is 992 g/mol. The van der Waals surface area contributed by atoms with Crippen molar-refractivity contribution in [3.63, 3.8) is 0 Å². The first-order valence-corrected chi connectivity index (χ1v) is 31.0. The molecule has 0 rings (SSSR count). The number of nitrogens with zero attached hydrogens (tertiary/aromatic N) is 1. The van der Waals surface area contributed by atoms with Crippen LogP contribution < -0.4 is 5.32 Å². The molecule has 0 bridgehead atoms. The maximum Gasteiger partial charge on any atom is 0.472 e. The molecule has 0 radical (unpaired) electrons. The SMILES string of the molecule is CCCCCCCCCCC/C=C\C/C=C\CCCCCCCCCCCC(=O)NC(COP(=O)(O)OCC[N+](C)(C)C)C(O)/C=C/CC/C=C/CCCCCCCCCCCCCCCCCC. The zero-order chi connectivity index (χ0) is 50.6. The third-order valence-corrected chi connectivity index (χ3v) is 14.3. The summed E-state index contributed by atoms with van der Waals surface area (Å²) in [7, 11) is 1.56. The number of aliphatic hydroxyl groups excluding tert-OH is 1. The fourth-order valence-corrected chi connectivity index (χ4v) is 9.36. The summed E-state index contributed by atoms with van der Waals surface area (Å²) < 4.78 is 23.7. The van der Waals surface area contributed by atoms with E-state index in [0.29, 0.717) is 17.4 Å². The lowest BCUT2D eigenvalue weighted by Gasteiger charge is -2.25. The number of nitrogens with one attached hydrogen (secondary N) is 1. The van der Waals surface area contributed by atoms with Crippen molar-refractivity contribution in [3.8, 4) is 0 Å². The number of rotatable bonds is 54. The summed E-state index contributed by atoms with van der Waals surface area (Å²) >= 11 is 0. The zero-order valence-corrected chi connectivity index (χ0v) is 47.2. The van der Waals surface area contributed by atoms with Gasteiger partial charge in [-0.05, 0) is 64.2 Å². The molecule has 0 saturated carbocycles. The lowest BCUT2D eigenvalue weighted by molar-refractivity contribution is -0.870. The van der Waals surface area contributed by atoms with E-state index in [9.17, 15) is 19.4 Å². The van der Waals surface area contributed by atoms with Gasteiger partial charge < -0.3 is 19.8 Å². The van der Waals surface area contributed by atoms with E-state index < -0.39 is 20.0 Å². The summed E-state index contributed by atoms with van der Waals surface area (Å²) in [5.74, 6) is -0.189. The number of amides is 1. The van der Waals surface area contributed by atoms with E-state index in [0.717, 1.165) is 44.9 Å². The van der Waals surface area contributed by atoms with Gasteiger partial charge in [0.25, 0.3) is 0 Å². The minimum Gasteiger partial charge on any atom is -0.387 e. The van der Waals surface area contributed by atoms with Crippen molar-refractivity contribution >= 4 is 13.7 Å². The van der Waals surface area contributed by atoms with Crippen LogP contribution in [0.15, 0.2) is 48.6 Å². The number of allylic oxidation sites excluding steroid dienone is 7. The summed E-state index contributed by atoms with van der Waals surface area (Å²) in [6.07, 6.45) is 67.9. The van der Waals surface area contributed by atoms with Gasteiger partial charge in [-0.3, -0.25) is 13.8 Å². The number of likely N-dealkylation sites (N-methyl/N-ethyl adjacent to an activating group) is 1. The van der Waals surface area contributed by atoms with E-state index in [1.165, 1.54) is 212 Å². The number of phosphoric ester groups is 1. The molecule has 3 unspecified atom stereocenters. The minimum absolute atomic E-state index is 0.0547. The molecule has 3 N–H and O–H groups in total. The Morgan fingerprint density at radius 3 is 1.25 bits per heavy atom. The van der Waals surface area contributed by atoms with Crippen molar-refractivity contribution in [2.24, 2.45) is 0 Å². The molecule has 0 aromatic rings. The summed E-state index contributed by atoms with van der Waals surface area (Å²) in [5.41, 5.74) is 0. The molecule has 0 aliphatic carbocycles.